The molecule has 0 N–H and O–H groups in total. The molecule has 0 aliphatic heterocycles. The predicted octanol–water partition coefficient (Wildman–Crippen LogP) is 3.57. The summed E-state index contributed by atoms with van der Waals surface area (Å²) < 4.78 is 55.0. The van der Waals surface area contributed by atoms with Crippen molar-refractivity contribution in [1.29, 1.82) is 0 Å². The third-order valence-electron chi connectivity index (χ3n) is 2.12. The first-order chi connectivity index (χ1) is 6.97. The Morgan fingerprint density at radius 1 is 1.20 bits per heavy atom. The minimum absolute atomic E-state index is 0.212. The topological polar surface area (TPSA) is 35.5 Å². The smallest absolute Gasteiger partial charge is 0.168 e. The van der Waals surface area contributed by atoms with E-state index in [1.807, 2.05) is 0 Å². The lowest BCUT2D eigenvalue weighted by molar-refractivity contribution is -0.154. The van der Waals surface area contributed by atoms with Gasteiger partial charge in [0.2, 0.25) is 6.61 Å². The zero-order chi connectivity index (χ0) is 11.3. The Kier molecular flexibility index (Phi) is 4.96. The quantitative estimate of drug-likeness (QED) is 0.710. The lowest BCUT2D eigenvalue weighted by atomic mass is 9.98. The second-order valence-electron chi connectivity index (χ2n) is 3.48. The Morgan fingerprint density at radius 3 is 2.33 bits per heavy atom. The van der Waals surface area contributed by atoms with Gasteiger partial charge in [0.1, 0.15) is 6.10 Å². The maximum Gasteiger partial charge on any atom is 0.698 e. The van der Waals surface area contributed by atoms with Gasteiger partial charge in [0, 0.05) is 4.57 Å². The van der Waals surface area contributed by atoms with E-state index in [9.17, 15) is 17.7 Å². The van der Waals surface area contributed by atoms with Gasteiger partial charge in [-0.05, 0) is 12.8 Å². The summed E-state index contributed by atoms with van der Waals surface area (Å²) in [6, 6.07) is 0. The van der Waals surface area contributed by atoms with Gasteiger partial charge in [-0.3, -0.25) is 0 Å². The summed E-state index contributed by atoms with van der Waals surface area (Å²) in [5, 5.41) is 0. The third kappa shape index (κ3) is 6.07. The zero-order valence-corrected chi connectivity index (χ0v) is 9.02. The fraction of sp³-hybridized carbons (Fsp3) is 1.00. The molecule has 0 saturated heterocycles. The number of hydrogen-bond acceptors (Lipinski definition) is 3. The van der Waals surface area contributed by atoms with Gasteiger partial charge in [-0.25, -0.2) is 0 Å². The van der Waals surface area contributed by atoms with Crippen LogP contribution in [-0.2, 0) is 13.6 Å². The molecule has 0 spiro atoms. The van der Waals surface area contributed by atoms with Crippen LogP contribution < -0.4 is 0 Å². The first-order valence-electron chi connectivity index (χ1n) is 4.81. The molecular formula is C8H13F3O3P+. The van der Waals surface area contributed by atoms with Crippen molar-refractivity contribution < 1.29 is 26.8 Å². The van der Waals surface area contributed by atoms with Crippen molar-refractivity contribution in [3.63, 3.8) is 0 Å². The molecule has 1 unspecified atom stereocenters. The van der Waals surface area contributed by atoms with Crippen LogP contribution in [0.15, 0.2) is 0 Å². The lowest BCUT2D eigenvalue weighted by Crippen LogP contribution is -2.17. The number of halogens is 3. The van der Waals surface area contributed by atoms with Crippen LogP contribution in [0.4, 0.5) is 13.2 Å². The molecule has 0 amide bonds. The Hall–Kier alpha value is -0.190. The fourth-order valence-corrected chi connectivity index (χ4v) is 2.22. The van der Waals surface area contributed by atoms with Gasteiger partial charge in [0.05, 0.1) is 0 Å². The van der Waals surface area contributed by atoms with E-state index in [1.54, 1.807) is 0 Å². The number of hydrogen-bond donors (Lipinski definition) is 0. The maximum absolute atomic E-state index is 11.7. The summed E-state index contributed by atoms with van der Waals surface area (Å²) in [7, 11) is -2.64. The van der Waals surface area contributed by atoms with Crippen LogP contribution in [0.2, 0.25) is 0 Å². The van der Waals surface area contributed by atoms with Gasteiger partial charge < -0.3 is 0 Å². The Labute approximate surface area is 86.9 Å². The molecule has 1 aliphatic carbocycles. The normalized spacial score (nSPS) is 20.3. The van der Waals surface area contributed by atoms with Crippen LogP contribution in [0.1, 0.15) is 32.1 Å². The average Bonchev–Trinajstić information content (AvgIpc) is 2.15. The van der Waals surface area contributed by atoms with Crippen LogP contribution in [-0.4, -0.2) is 18.9 Å². The highest BCUT2D eigenvalue weighted by molar-refractivity contribution is 7.33. The minimum atomic E-state index is -4.46. The summed E-state index contributed by atoms with van der Waals surface area (Å²) >= 11 is 0. The maximum atomic E-state index is 11.7. The van der Waals surface area contributed by atoms with E-state index in [0.29, 0.717) is 0 Å². The molecular weight excluding hydrogens is 232 g/mol. The van der Waals surface area contributed by atoms with Crippen molar-refractivity contribution in [2.75, 3.05) is 6.61 Å². The van der Waals surface area contributed by atoms with Gasteiger partial charge >= 0.3 is 14.4 Å². The molecule has 0 bridgehead atoms. The molecule has 0 radical (unpaired) electrons. The van der Waals surface area contributed by atoms with Gasteiger partial charge in [0.15, 0.2) is 0 Å². The minimum Gasteiger partial charge on any atom is -0.168 e. The first-order valence-corrected chi connectivity index (χ1v) is 5.90. The molecule has 0 heterocycles. The molecule has 3 nitrogen and oxygen atoms in total. The van der Waals surface area contributed by atoms with Crippen LogP contribution in [0.25, 0.3) is 0 Å². The largest absolute Gasteiger partial charge is 0.698 e. The van der Waals surface area contributed by atoms with E-state index in [-0.39, 0.29) is 6.10 Å². The van der Waals surface area contributed by atoms with Gasteiger partial charge in [-0.15, -0.1) is 9.05 Å². The van der Waals surface area contributed by atoms with Gasteiger partial charge in [-0.1, -0.05) is 19.3 Å². The molecule has 0 aromatic rings. The molecule has 1 saturated carbocycles. The van der Waals surface area contributed by atoms with E-state index in [1.165, 1.54) is 0 Å². The van der Waals surface area contributed by atoms with Crippen LogP contribution in [0.5, 0.6) is 0 Å². The first kappa shape index (κ1) is 12.9. The van der Waals surface area contributed by atoms with Crippen molar-refractivity contribution in [3.8, 4) is 0 Å². The second-order valence-corrected chi connectivity index (χ2v) is 4.39. The van der Waals surface area contributed by atoms with E-state index in [4.69, 9.17) is 4.52 Å². The second kappa shape index (κ2) is 5.77. The van der Waals surface area contributed by atoms with Crippen LogP contribution >= 0.6 is 8.25 Å². The summed E-state index contributed by atoms with van der Waals surface area (Å²) in [5.41, 5.74) is 0. The molecule has 1 rings (SSSR count). The van der Waals surface area contributed by atoms with Gasteiger partial charge in [-0.2, -0.15) is 13.2 Å². The van der Waals surface area contributed by atoms with E-state index < -0.39 is 21.0 Å². The van der Waals surface area contributed by atoms with Crippen molar-refractivity contribution in [3.05, 3.63) is 0 Å². The standard InChI is InChI=1S/C8H13F3O3P/c9-8(10,11)6-13-15(12)14-7-4-2-1-3-5-7/h7H,1-6H2/q+1. The van der Waals surface area contributed by atoms with E-state index >= 15 is 0 Å². The summed E-state index contributed by atoms with van der Waals surface area (Å²) in [5.74, 6) is 0. The summed E-state index contributed by atoms with van der Waals surface area (Å²) in [4.78, 5) is 0. The monoisotopic (exact) mass is 245 g/mol. The van der Waals surface area contributed by atoms with Crippen LogP contribution in [0.3, 0.4) is 0 Å². The summed E-state index contributed by atoms with van der Waals surface area (Å²) in [6.07, 6.45) is -0.149. The van der Waals surface area contributed by atoms with E-state index in [2.05, 4.69) is 4.52 Å². The number of alkyl halides is 3. The molecule has 15 heavy (non-hydrogen) atoms. The zero-order valence-electron chi connectivity index (χ0n) is 8.13. The molecule has 7 heteroatoms. The third-order valence-corrected chi connectivity index (χ3v) is 2.93. The highest BCUT2D eigenvalue weighted by atomic mass is 31.1. The highest BCUT2D eigenvalue weighted by Crippen LogP contribution is 2.33. The highest BCUT2D eigenvalue weighted by Gasteiger charge is 2.36. The van der Waals surface area contributed by atoms with Gasteiger partial charge in [0.25, 0.3) is 0 Å². The number of rotatable bonds is 4. The lowest BCUT2D eigenvalue weighted by Gasteiger charge is -2.15. The Balaban J connectivity index is 2.17. The Morgan fingerprint density at radius 2 is 1.80 bits per heavy atom. The fourth-order valence-electron chi connectivity index (χ4n) is 1.45. The van der Waals surface area contributed by atoms with Crippen molar-refractivity contribution >= 4 is 8.25 Å². The molecule has 88 valence electrons. The predicted molar refractivity (Wildman–Crippen MR) is 47.6 cm³/mol. The molecule has 0 aromatic heterocycles. The average molecular weight is 245 g/mol. The van der Waals surface area contributed by atoms with Crippen molar-refractivity contribution in [2.45, 2.75) is 44.4 Å². The van der Waals surface area contributed by atoms with E-state index in [0.717, 1.165) is 32.1 Å². The Bertz CT molecular complexity index is 214. The van der Waals surface area contributed by atoms with Crippen molar-refractivity contribution in [2.24, 2.45) is 0 Å². The summed E-state index contributed by atoms with van der Waals surface area (Å²) in [6.45, 7) is -1.52. The van der Waals surface area contributed by atoms with Crippen LogP contribution in [0, 0.1) is 0 Å². The molecule has 1 fully saturated rings. The molecule has 1 aliphatic rings. The molecule has 0 aromatic carbocycles. The van der Waals surface area contributed by atoms with Crippen molar-refractivity contribution in [1.82, 2.24) is 0 Å². The SMILES string of the molecule is O=[P+](OCC(F)(F)F)OC1CCCCC1. The molecule has 1 atom stereocenters.